The van der Waals surface area contributed by atoms with Crippen LogP contribution in [-0.4, -0.2) is 6.54 Å². The fraction of sp³-hybridized carbons (Fsp3) is 0.600. The average Bonchev–Trinajstić information content (AvgIpc) is 2.38. The Hall–Kier alpha value is -0.160. The van der Waals surface area contributed by atoms with E-state index in [0.717, 1.165) is 10.1 Å². The summed E-state index contributed by atoms with van der Waals surface area (Å²) in [4.78, 5) is 0. The number of hydrogen-bond donors (Lipinski definition) is 1. The van der Waals surface area contributed by atoms with Crippen molar-refractivity contribution in [3.63, 3.8) is 0 Å². The Morgan fingerprint density at radius 3 is 2.67 bits per heavy atom. The van der Waals surface area contributed by atoms with E-state index < -0.39 is 0 Å². The van der Waals surface area contributed by atoms with Gasteiger partial charge in [-0.15, -0.1) is 0 Å². The van der Waals surface area contributed by atoms with Crippen molar-refractivity contribution in [2.45, 2.75) is 45.1 Å². The summed E-state index contributed by atoms with van der Waals surface area (Å²) >= 11 is 2.26. The lowest BCUT2D eigenvalue weighted by Crippen LogP contribution is -2.30. The molecule has 1 aromatic carbocycles. The zero-order valence-corrected chi connectivity index (χ0v) is 13.0. The topological polar surface area (TPSA) is 12.0 Å². The molecule has 1 fully saturated rings. The van der Waals surface area contributed by atoms with Crippen molar-refractivity contribution in [3.8, 4) is 0 Å². The van der Waals surface area contributed by atoms with Crippen LogP contribution in [0.3, 0.4) is 0 Å². The second-order valence-corrected chi connectivity index (χ2v) is 6.26. The van der Waals surface area contributed by atoms with E-state index in [9.17, 15) is 4.39 Å². The Balaban J connectivity index is 2.22. The molecule has 1 saturated carbocycles. The highest BCUT2D eigenvalue weighted by Gasteiger charge is 2.25. The van der Waals surface area contributed by atoms with Crippen LogP contribution in [-0.2, 0) is 0 Å². The maximum absolute atomic E-state index is 13.2. The van der Waals surface area contributed by atoms with Crippen molar-refractivity contribution in [1.82, 2.24) is 5.32 Å². The Bertz CT molecular complexity index is 388. The van der Waals surface area contributed by atoms with Gasteiger partial charge in [0.2, 0.25) is 0 Å². The van der Waals surface area contributed by atoms with Crippen molar-refractivity contribution in [2.75, 3.05) is 6.54 Å². The van der Waals surface area contributed by atoms with Crippen molar-refractivity contribution in [2.24, 2.45) is 5.92 Å². The molecule has 1 nitrogen and oxygen atoms in total. The average molecular weight is 361 g/mol. The lowest BCUT2D eigenvalue weighted by atomic mass is 9.81. The summed E-state index contributed by atoms with van der Waals surface area (Å²) in [7, 11) is 0. The van der Waals surface area contributed by atoms with Gasteiger partial charge in [0.05, 0.1) is 0 Å². The maximum Gasteiger partial charge on any atom is 0.124 e. The highest BCUT2D eigenvalue weighted by Crippen LogP contribution is 2.36. The number of rotatable bonds is 4. The molecule has 2 rings (SSSR count). The first-order chi connectivity index (χ1) is 8.72. The molecule has 1 atom stereocenters. The van der Waals surface area contributed by atoms with Crippen LogP contribution in [0.15, 0.2) is 18.2 Å². The summed E-state index contributed by atoms with van der Waals surface area (Å²) in [6, 6.07) is 5.58. The third-order valence-corrected chi connectivity index (χ3v) is 4.78. The van der Waals surface area contributed by atoms with Gasteiger partial charge in [-0.05, 0) is 65.6 Å². The fourth-order valence-electron chi connectivity index (χ4n) is 2.97. The molecule has 0 heterocycles. The second-order valence-electron chi connectivity index (χ2n) is 5.10. The van der Waals surface area contributed by atoms with Crippen LogP contribution < -0.4 is 5.32 Å². The lowest BCUT2D eigenvalue weighted by molar-refractivity contribution is 0.273. The van der Waals surface area contributed by atoms with Gasteiger partial charge in [-0.3, -0.25) is 0 Å². The summed E-state index contributed by atoms with van der Waals surface area (Å²) in [6.07, 6.45) is 6.64. The van der Waals surface area contributed by atoms with Crippen molar-refractivity contribution in [1.29, 1.82) is 0 Å². The zero-order chi connectivity index (χ0) is 13.0. The van der Waals surface area contributed by atoms with E-state index in [1.807, 2.05) is 6.07 Å². The summed E-state index contributed by atoms with van der Waals surface area (Å²) in [5.41, 5.74) is 1.27. The van der Waals surface area contributed by atoms with Crippen LogP contribution >= 0.6 is 22.6 Å². The van der Waals surface area contributed by atoms with Gasteiger partial charge >= 0.3 is 0 Å². The SMILES string of the molecule is CCNC(c1ccc(F)cc1I)C1CCCCC1. The fourth-order valence-corrected chi connectivity index (χ4v) is 3.78. The first-order valence-electron chi connectivity index (χ1n) is 6.90. The van der Waals surface area contributed by atoms with Crippen molar-refractivity contribution in [3.05, 3.63) is 33.1 Å². The number of nitrogens with one attached hydrogen (secondary N) is 1. The first kappa shape index (κ1) is 14.3. The van der Waals surface area contributed by atoms with Gasteiger partial charge in [-0.2, -0.15) is 0 Å². The lowest BCUT2D eigenvalue weighted by Gasteiger charge is -2.32. The van der Waals surface area contributed by atoms with Crippen molar-refractivity contribution >= 4 is 22.6 Å². The minimum atomic E-state index is -0.137. The van der Waals surface area contributed by atoms with Gasteiger partial charge in [-0.25, -0.2) is 4.39 Å². The molecule has 100 valence electrons. The molecule has 0 aliphatic heterocycles. The molecule has 1 N–H and O–H groups in total. The quantitative estimate of drug-likeness (QED) is 0.769. The van der Waals surface area contributed by atoms with Crippen LogP contribution in [0.2, 0.25) is 0 Å². The van der Waals surface area contributed by atoms with E-state index in [-0.39, 0.29) is 5.82 Å². The van der Waals surface area contributed by atoms with Crippen LogP contribution in [0.1, 0.15) is 50.6 Å². The third kappa shape index (κ3) is 3.44. The molecule has 1 aliphatic rings. The smallest absolute Gasteiger partial charge is 0.124 e. The molecule has 18 heavy (non-hydrogen) atoms. The first-order valence-corrected chi connectivity index (χ1v) is 7.98. The molecule has 0 radical (unpaired) electrons. The van der Waals surface area contributed by atoms with E-state index >= 15 is 0 Å². The van der Waals surface area contributed by atoms with Gasteiger partial charge in [-0.1, -0.05) is 32.3 Å². The largest absolute Gasteiger partial charge is 0.310 e. The van der Waals surface area contributed by atoms with Gasteiger partial charge in [0, 0.05) is 9.61 Å². The van der Waals surface area contributed by atoms with Crippen LogP contribution in [0.25, 0.3) is 0 Å². The Labute approximate surface area is 123 Å². The minimum Gasteiger partial charge on any atom is -0.310 e. The number of benzene rings is 1. The molecular weight excluding hydrogens is 340 g/mol. The molecular formula is C15H21FIN. The van der Waals surface area contributed by atoms with E-state index in [0.29, 0.717) is 12.0 Å². The molecule has 0 amide bonds. The minimum absolute atomic E-state index is 0.137. The molecule has 1 unspecified atom stereocenters. The number of hydrogen-bond acceptors (Lipinski definition) is 1. The van der Waals surface area contributed by atoms with E-state index in [1.165, 1.54) is 37.7 Å². The van der Waals surface area contributed by atoms with Gasteiger partial charge in [0.1, 0.15) is 5.82 Å². The Morgan fingerprint density at radius 1 is 1.33 bits per heavy atom. The molecule has 0 bridgehead atoms. The molecule has 3 heteroatoms. The molecule has 1 aromatic rings. The zero-order valence-electron chi connectivity index (χ0n) is 10.9. The van der Waals surface area contributed by atoms with Crippen LogP contribution in [0.5, 0.6) is 0 Å². The predicted molar refractivity (Wildman–Crippen MR) is 82.1 cm³/mol. The Kier molecular flexibility index (Phi) is 5.42. The van der Waals surface area contributed by atoms with Gasteiger partial charge in [0.25, 0.3) is 0 Å². The third-order valence-electron chi connectivity index (χ3n) is 3.84. The van der Waals surface area contributed by atoms with E-state index in [4.69, 9.17) is 0 Å². The highest BCUT2D eigenvalue weighted by atomic mass is 127. The molecule has 0 aromatic heterocycles. The monoisotopic (exact) mass is 361 g/mol. The summed E-state index contributed by atoms with van der Waals surface area (Å²) in [6.45, 7) is 3.11. The molecule has 1 aliphatic carbocycles. The van der Waals surface area contributed by atoms with Gasteiger partial charge < -0.3 is 5.32 Å². The highest BCUT2D eigenvalue weighted by molar-refractivity contribution is 14.1. The normalized spacial score (nSPS) is 18.8. The van der Waals surface area contributed by atoms with E-state index in [1.54, 1.807) is 12.1 Å². The Morgan fingerprint density at radius 2 is 2.06 bits per heavy atom. The summed E-state index contributed by atoms with van der Waals surface area (Å²) in [5.74, 6) is 0.569. The van der Waals surface area contributed by atoms with Crippen molar-refractivity contribution < 1.29 is 4.39 Å². The maximum atomic E-state index is 13.2. The van der Waals surface area contributed by atoms with Gasteiger partial charge in [0.15, 0.2) is 0 Å². The second kappa shape index (κ2) is 6.85. The molecule has 0 saturated heterocycles. The standard InChI is InChI=1S/C15H21FIN/c1-2-18-15(11-6-4-3-5-7-11)13-9-8-12(16)10-14(13)17/h8-11,15,18H,2-7H2,1H3. The van der Waals surface area contributed by atoms with Crippen LogP contribution in [0.4, 0.5) is 4.39 Å². The van der Waals surface area contributed by atoms with Crippen LogP contribution in [0, 0.1) is 15.3 Å². The van der Waals surface area contributed by atoms with E-state index in [2.05, 4.69) is 34.8 Å². The summed E-state index contributed by atoms with van der Waals surface area (Å²) in [5, 5.41) is 3.60. The molecule has 0 spiro atoms. The summed E-state index contributed by atoms with van der Waals surface area (Å²) < 4.78 is 14.3. The number of halogens is 2. The predicted octanol–water partition coefficient (Wildman–Crippen LogP) is 4.66.